The Hall–Kier alpha value is -2.46. The van der Waals surface area contributed by atoms with Gasteiger partial charge in [0.2, 0.25) is 11.9 Å². The van der Waals surface area contributed by atoms with Crippen molar-refractivity contribution in [3.05, 3.63) is 18.5 Å². The summed E-state index contributed by atoms with van der Waals surface area (Å²) in [7, 11) is 1.73. The third-order valence-electron chi connectivity index (χ3n) is 5.41. The zero-order chi connectivity index (χ0) is 21.7. The summed E-state index contributed by atoms with van der Waals surface area (Å²) in [6, 6.07) is 1.81. The minimum atomic E-state index is 0.152. The van der Waals surface area contributed by atoms with Crippen LogP contribution in [0, 0.1) is 0 Å². The lowest BCUT2D eigenvalue weighted by atomic mass is 10.2. The number of nitrogens with zero attached hydrogens (tertiary/aromatic N) is 5. The maximum absolute atomic E-state index is 12.5. The van der Waals surface area contributed by atoms with E-state index in [1.807, 2.05) is 4.90 Å². The van der Waals surface area contributed by atoms with Gasteiger partial charge in [0, 0.05) is 78.3 Å². The van der Waals surface area contributed by atoms with Gasteiger partial charge in [0.25, 0.3) is 0 Å². The van der Waals surface area contributed by atoms with Gasteiger partial charge in [-0.15, -0.1) is 0 Å². The van der Waals surface area contributed by atoms with E-state index in [9.17, 15) is 4.79 Å². The highest BCUT2D eigenvalue weighted by Crippen LogP contribution is 2.12. The molecule has 1 amide bonds. The van der Waals surface area contributed by atoms with Crippen LogP contribution in [0.15, 0.2) is 23.5 Å². The minimum Gasteiger partial charge on any atom is -0.379 e. The molecule has 1 aromatic rings. The summed E-state index contributed by atoms with van der Waals surface area (Å²) in [5.41, 5.74) is 0. The maximum atomic E-state index is 12.5. The van der Waals surface area contributed by atoms with Crippen LogP contribution in [0.4, 0.5) is 5.95 Å². The van der Waals surface area contributed by atoms with Crippen molar-refractivity contribution in [2.45, 2.75) is 31.8 Å². The van der Waals surface area contributed by atoms with E-state index < -0.39 is 0 Å². The lowest BCUT2D eigenvalue weighted by Crippen LogP contribution is -2.50. The number of rotatable bonds is 10. The van der Waals surface area contributed by atoms with Gasteiger partial charge in [0.05, 0.1) is 12.7 Å². The molecule has 2 saturated heterocycles. The second-order valence-electron chi connectivity index (χ2n) is 7.66. The third kappa shape index (κ3) is 7.95. The number of guanidine groups is 1. The molecule has 10 nitrogen and oxygen atoms in total. The van der Waals surface area contributed by atoms with Crippen molar-refractivity contribution in [3.63, 3.8) is 0 Å². The monoisotopic (exact) mass is 433 g/mol. The summed E-state index contributed by atoms with van der Waals surface area (Å²) in [5, 5.41) is 6.47. The van der Waals surface area contributed by atoms with Gasteiger partial charge < -0.3 is 29.9 Å². The van der Waals surface area contributed by atoms with Gasteiger partial charge in [0.15, 0.2) is 5.96 Å². The van der Waals surface area contributed by atoms with Gasteiger partial charge in [0.1, 0.15) is 0 Å². The van der Waals surface area contributed by atoms with E-state index in [4.69, 9.17) is 9.47 Å². The predicted molar refractivity (Wildman–Crippen MR) is 119 cm³/mol. The number of amides is 1. The lowest BCUT2D eigenvalue weighted by Gasteiger charge is -2.34. The quantitative estimate of drug-likeness (QED) is 0.308. The van der Waals surface area contributed by atoms with Gasteiger partial charge in [-0.2, -0.15) is 0 Å². The van der Waals surface area contributed by atoms with Crippen LogP contribution in [-0.4, -0.2) is 99.0 Å². The highest BCUT2D eigenvalue weighted by Gasteiger charge is 2.22. The highest BCUT2D eigenvalue weighted by molar-refractivity contribution is 5.81. The standard InChI is InChI=1S/C21H35N7O3/c1-22-20(23-9-4-15-30-17-18-5-2-16-31-18)24-10-6-19(29)27-11-13-28(14-12-27)21-25-7-3-8-26-21/h3,7-8,18H,2,4-6,9-17H2,1H3,(H2,22,23,24). The molecule has 2 aliphatic heterocycles. The van der Waals surface area contributed by atoms with E-state index in [-0.39, 0.29) is 12.0 Å². The first-order chi connectivity index (χ1) is 15.3. The molecule has 1 aromatic heterocycles. The van der Waals surface area contributed by atoms with Crippen LogP contribution in [0.2, 0.25) is 0 Å². The fourth-order valence-electron chi connectivity index (χ4n) is 3.65. The van der Waals surface area contributed by atoms with Crippen molar-refractivity contribution in [1.29, 1.82) is 0 Å². The molecule has 0 aliphatic carbocycles. The minimum absolute atomic E-state index is 0.152. The number of ether oxygens (including phenoxy) is 2. The molecule has 0 spiro atoms. The van der Waals surface area contributed by atoms with E-state index in [0.29, 0.717) is 45.2 Å². The summed E-state index contributed by atoms with van der Waals surface area (Å²) >= 11 is 0. The number of nitrogens with one attached hydrogen (secondary N) is 2. The highest BCUT2D eigenvalue weighted by atomic mass is 16.5. The summed E-state index contributed by atoms with van der Waals surface area (Å²) < 4.78 is 11.2. The largest absolute Gasteiger partial charge is 0.379 e. The average molecular weight is 434 g/mol. The van der Waals surface area contributed by atoms with Crippen LogP contribution < -0.4 is 15.5 Å². The zero-order valence-electron chi connectivity index (χ0n) is 18.5. The number of aromatic nitrogens is 2. The normalized spacial score (nSPS) is 19.5. The Balaban J connectivity index is 1.23. The molecule has 1 unspecified atom stereocenters. The van der Waals surface area contributed by atoms with Crippen LogP contribution >= 0.6 is 0 Å². The van der Waals surface area contributed by atoms with Gasteiger partial charge >= 0.3 is 0 Å². The number of hydrogen-bond donors (Lipinski definition) is 2. The number of aliphatic imine (C=N–C) groups is 1. The second kappa shape index (κ2) is 13.1. The third-order valence-corrected chi connectivity index (χ3v) is 5.41. The zero-order valence-corrected chi connectivity index (χ0v) is 18.5. The molecule has 0 saturated carbocycles. The molecule has 10 heteroatoms. The molecule has 2 N–H and O–H groups in total. The molecule has 1 atom stereocenters. The van der Waals surface area contributed by atoms with Crippen LogP contribution in [0.3, 0.4) is 0 Å². The van der Waals surface area contributed by atoms with Crippen LogP contribution in [0.1, 0.15) is 25.7 Å². The number of carbonyl (C=O) groups excluding carboxylic acids is 1. The first-order valence-corrected chi connectivity index (χ1v) is 11.2. The molecule has 3 heterocycles. The fourth-order valence-corrected chi connectivity index (χ4v) is 3.65. The SMILES string of the molecule is CN=C(NCCCOCC1CCCO1)NCCC(=O)N1CCN(c2ncccn2)CC1. The Morgan fingerprint density at radius 3 is 2.71 bits per heavy atom. The van der Waals surface area contributed by atoms with Gasteiger partial charge in [-0.1, -0.05) is 0 Å². The second-order valence-corrected chi connectivity index (χ2v) is 7.66. The first-order valence-electron chi connectivity index (χ1n) is 11.2. The molecule has 172 valence electrons. The van der Waals surface area contributed by atoms with Crippen LogP contribution in [0.5, 0.6) is 0 Å². The van der Waals surface area contributed by atoms with E-state index in [1.54, 1.807) is 25.5 Å². The number of hydrogen-bond acceptors (Lipinski definition) is 7. The smallest absolute Gasteiger partial charge is 0.225 e. The molecule has 0 aromatic carbocycles. The Morgan fingerprint density at radius 1 is 1.23 bits per heavy atom. The molecule has 31 heavy (non-hydrogen) atoms. The Kier molecular flexibility index (Phi) is 9.78. The Bertz CT molecular complexity index is 675. The molecular formula is C21H35N7O3. The molecule has 2 aliphatic rings. The summed E-state index contributed by atoms with van der Waals surface area (Å²) in [6.45, 7) is 6.44. The number of carbonyl (C=O) groups is 1. The Morgan fingerprint density at radius 2 is 2.00 bits per heavy atom. The molecule has 0 bridgehead atoms. The van der Waals surface area contributed by atoms with E-state index in [1.165, 1.54) is 0 Å². The maximum Gasteiger partial charge on any atom is 0.225 e. The predicted octanol–water partition coefficient (Wildman–Crippen LogP) is 0.266. The topological polar surface area (TPSA) is 104 Å². The molecule has 3 rings (SSSR count). The van der Waals surface area contributed by atoms with Crippen molar-refractivity contribution in [2.75, 3.05) is 71.0 Å². The van der Waals surface area contributed by atoms with Crippen LogP contribution in [-0.2, 0) is 14.3 Å². The van der Waals surface area contributed by atoms with Crippen molar-refractivity contribution < 1.29 is 14.3 Å². The van der Waals surface area contributed by atoms with Crippen LogP contribution in [0.25, 0.3) is 0 Å². The van der Waals surface area contributed by atoms with Crippen molar-refractivity contribution >= 4 is 17.8 Å². The molecule has 2 fully saturated rings. The van der Waals surface area contributed by atoms with Crippen molar-refractivity contribution in [1.82, 2.24) is 25.5 Å². The summed E-state index contributed by atoms with van der Waals surface area (Å²) in [4.78, 5) is 29.3. The lowest BCUT2D eigenvalue weighted by molar-refractivity contribution is -0.131. The van der Waals surface area contributed by atoms with Gasteiger partial charge in [-0.25, -0.2) is 9.97 Å². The fraction of sp³-hybridized carbons (Fsp3) is 0.714. The summed E-state index contributed by atoms with van der Waals surface area (Å²) in [5.74, 6) is 1.58. The van der Waals surface area contributed by atoms with Gasteiger partial charge in [-0.3, -0.25) is 9.79 Å². The van der Waals surface area contributed by atoms with E-state index >= 15 is 0 Å². The summed E-state index contributed by atoms with van der Waals surface area (Å²) in [6.07, 6.45) is 7.32. The Labute approximate surface area is 184 Å². The van der Waals surface area contributed by atoms with Crippen molar-refractivity contribution in [3.8, 4) is 0 Å². The van der Waals surface area contributed by atoms with E-state index in [0.717, 1.165) is 51.5 Å². The number of piperazine rings is 1. The van der Waals surface area contributed by atoms with Gasteiger partial charge in [-0.05, 0) is 25.3 Å². The van der Waals surface area contributed by atoms with Crippen molar-refractivity contribution in [2.24, 2.45) is 4.99 Å². The molecular weight excluding hydrogens is 398 g/mol. The molecule has 0 radical (unpaired) electrons. The van der Waals surface area contributed by atoms with E-state index in [2.05, 4.69) is 30.5 Å². The average Bonchev–Trinajstić information content (AvgIpc) is 3.34. The number of anilines is 1. The first kappa shape index (κ1) is 23.2.